The number of benzene rings is 1. The van der Waals surface area contributed by atoms with Gasteiger partial charge in [0.15, 0.2) is 5.03 Å². The molecular formula is C15H17ClN2O2S. The second-order valence-corrected chi connectivity index (χ2v) is 6.71. The van der Waals surface area contributed by atoms with Crippen LogP contribution in [0.4, 0.5) is 0 Å². The molecule has 21 heavy (non-hydrogen) atoms. The lowest BCUT2D eigenvalue weighted by atomic mass is 10.2. The summed E-state index contributed by atoms with van der Waals surface area (Å²) in [4.78, 5) is 4.02. The van der Waals surface area contributed by atoms with Crippen molar-refractivity contribution in [1.29, 1.82) is 0 Å². The molecule has 2 rings (SSSR count). The van der Waals surface area contributed by atoms with Gasteiger partial charge in [-0.05, 0) is 17.2 Å². The minimum absolute atomic E-state index is 0.0501. The van der Waals surface area contributed by atoms with Crippen molar-refractivity contribution in [2.75, 3.05) is 6.54 Å². The highest BCUT2D eigenvalue weighted by molar-refractivity contribution is 7.89. The fourth-order valence-corrected chi connectivity index (χ4v) is 3.44. The van der Waals surface area contributed by atoms with E-state index in [1.54, 1.807) is 6.07 Å². The Bertz CT molecular complexity index is 673. The number of nitrogens with zero attached hydrogens (tertiary/aromatic N) is 2. The maximum absolute atomic E-state index is 12.6. The molecule has 6 heteroatoms. The average molecular weight is 325 g/mol. The second kappa shape index (κ2) is 7.02. The maximum Gasteiger partial charge on any atom is 0.260 e. The van der Waals surface area contributed by atoms with Gasteiger partial charge in [-0.15, -0.1) is 11.6 Å². The van der Waals surface area contributed by atoms with Crippen molar-refractivity contribution in [3.05, 3.63) is 59.8 Å². The summed E-state index contributed by atoms with van der Waals surface area (Å²) in [6, 6.07) is 12.7. The van der Waals surface area contributed by atoms with Crippen molar-refractivity contribution in [2.24, 2.45) is 0 Å². The van der Waals surface area contributed by atoms with Gasteiger partial charge >= 0.3 is 0 Å². The molecule has 0 radical (unpaired) electrons. The van der Waals surface area contributed by atoms with Gasteiger partial charge in [-0.25, -0.2) is 13.4 Å². The van der Waals surface area contributed by atoms with Gasteiger partial charge in [-0.2, -0.15) is 4.31 Å². The molecule has 0 spiro atoms. The van der Waals surface area contributed by atoms with E-state index in [0.29, 0.717) is 19.0 Å². The van der Waals surface area contributed by atoms with E-state index in [1.807, 2.05) is 37.3 Å². The van der Waals surface area contributed by atoms with E-state index in [2.05, 4.69) is 4.98 Å². The predicted octanol–water partition coefficient (Wildman–Crippen LogP) is 3.03. The lowest BCUT2D eigenvalue weighted by molar-refractivity contribution is 0.421. The molecule has 0 fully saturated rings. The number of halogens is 1. The molecular weight excluding hydrogens is 308 g/mol. The van der Waals surface area contributed by atoms with Gasteiger partial charge in [0, 0.05) is 25.2 Å². The van der Waals surface area contributed by atoms with Crippen molar-refractivity contribution >= 4 is 21.6 Å². The first kappa shape index (κ1) is 15.9. The Morgan fingerprint density at radius 1 is 1.10 bits per heavy atom. The Morgan fingerprint density at radius 3 is 2.33 bits per heavy atom. The Labute approximate surface area is 130 Å². The smallest absolute Gasteiger partial charge is 0.243 e. The minimum Gasteiger partial charge on any atom is -0.243 e. The summed E-state index contributed by atoms with van der Waals surface area (Å²) < 4.78 is 26.6. The molecule has 0 aliphatic carbocycles. The first-order chi connectivity index (χ1) is 10.1. The normalized spacial score (nSPS) is 11.8. The van der Waals surface area contributed by atoms with Crippen LogP contribution in [0.2, 0.25) is 0 Å². The van der Waals surface area contributed by atoms with Gasteiger partial charge in [0.25, 0.3) is 10.0 Å². The van der Waals surface area contributed by atoms with Crippen LogP contribution in [0, 0.1) is 0 Å². The summed E-state index contributed by atoms with van der Waals surface area (Å²) in [6.07, 6.45) is 1.50. The number of hydrogen-bond acceptors (Lipinski definition) is 3. The quantitative estimate of drug-likeness (QED) is 0.767. The third kappa shape index (κ3) is 3.81. The number of alkyl halides is 1. The van der Waals surface area contributed by atoms with E-state index in [4.69, 9.17) is 11.6 Å². The average Bonchev–Trinajstić information content (AvgIpc) is 2.53. The number of pyridine rings is 1. The summed E-state index contributed by atoms with van der Waals surface area (Å²) in [5.41, 5.74) is 1.74. The van der Waals surface area contributed by atoms with Crippen LogP contribution in [-0.4, -0.2) is 24.3 Å². The molecule has 1 aromatic heterocycles. The molecule has 0 aliphatic heterocycles. The van der Waals surface area contributed by atoms with Crippen molar-refractivity contribution < 1.29 is 8.42 Å². The highest BCUT2D eigenvalue weighted by Gasteiger charge is 2.24. The second-order valence-electron chi connectivity index (χ2n) is 4.56. The van der Waals surface area contributed by atoms with Crippen LogP contribution in [0.25, 0.3) is 0 Å². The van der Waals surface area contributed by atoms with Crippen molar-refractivity contribution in [3.8, 4) is 0 Å². The first-order valence-electron chi connectivity index (χ1n) is 6.63. The van der Waals surface area contributed by atoms with Crippen LogP contribution in [0.1, 0.15) is 18.1 Å². The fourth-order valence-electron chi connectivity index (χ4n) is 1.93. The maximum atomic E-state index is 12.6. The van der Waals surface area contributed by atoms with Gasteiger partial charge < -0.3 is 0 Å². The first-order valence-corrected chi connectivity index (χ1v) is 8.60. The Balaban J connectivity index is 2.26. The fraction of sp³-hybridized carbons (Fsp3) is 0.267. The number of sulfonamides is 1. The third-order valence-electron chi connectivity index (χ3n) is 3.11. The molecule has 4 nitrogen and oxygen atoms in total. The topological polar surface area (TPSA) is 50.3 Å². The van der Waals surface area contributed by atoms with Crippen LogP contribution < -0.4 is 0 Å². The number of rotatable bonds is 6. The van der Waals surface area contributed by atoms with Gasteiger partial charge in [0.1, 0.15) is 0 Å². The zero-order valence-corrected chi connectivity index (χ0v) is 13.3. The predicted molar refractivity (Wildman–Crippen MR) is 83.5 cm³/mol. The molecule has 1 heterocycles. The molecule has 0 amide bonds. The summed E-state index contributed by atoms with van der Waals surface area (Å²) in [5, 5.41) is 0.0501. The number of hydrogen-bond donors (Lipinski definition) is 0. The SMILES string of the molecule is CCN(Cc1ccccc1)S(=O)(=O)c1ccc(CCl)cn1. The Morgan fingerprint density at radius 2 is 1.81 bits per heavy atom. The van der Waals surface area contributed by atoms with E-state index in [-0.39, 0.29) is 5.03 Å². The van der Waals surface area contributed by atoms with Crippen LogP contribution in [0.3, 0.4) is 0 Å². The third-order valence-corrected chi connectivity index (χ3v) is 5.26. The molecule has 0 aliphatic rings. The lowest BCUT2D eigenvalue weighted by Crippen LogP contribution is -2.31. The molecule has 2 aromatic rings. The molecule has 1 aromatic carbocycles. The van der Waals surface area contributed by atoms with Crippen LogP contribution in [0.15, 0.2) is 53.7 Å². The molecule has 112 valence electrons. The van der Waals surface area contributed by atoms with E-state index in [0.717, 1.165) is 11.1 Å². The highest BCUT2D eigenvalue weighted by Crippen LogP contribution is 2.17. The minimum atomic E-state index is -3.60. The summed E-state index contributed by atoms with van der Waals surface area (Å²) >= 11 is 5.69. The Hall–Kier alpha value is -1.43. The van der Waals surface area contributed by atoms with Gasteiger partial charge in [0.2, 0.25) is 0 Å². The highest BCUT2D eigenvalue weighted by atomic mass is 35.5. The Kier molecular flexibility index (Phi) is 5.33. The van der Waals surface area contributed by atoms with Gasteiger partial charge in [-0.1, -0.05) is 43.3 Å². The van der Waals surface area contributed by atoms with Crippen LogP contribution in [0.5, 0.6) is 0 Å². The molecule has 0 N–H and O–H groups in total. The monoisotopic (exact) mass is 324 g/mol. The summed E-state index contributed by atoms with van der Waals surface area (Å²) in [6.45, 7) is 2.53. The van der Waals surface area contributed by atoms with Crippen LogP contribution in [-0.2, 0) is 22.4 Å². The molecule has 0 saturated carbocycles. The van der Waals surface area contributed by atoms with Gasteiger partial charge in [-0.3, -0.25) is 0 Å². The van der Waals surface area contributed by atoms with Crippen molar-refractivity contribution in [2.45, 2.75) is 24.4 Å². The zero-order chi connectivity index (χ0) is 15.3. The number of aromatic nitrogens is 1. The zero-order valence-electron chi connectivity index (χ0n) is 11.7. The molecule has 0 bridgehead atoms. The van der Waals surface area contributed by atoms with Crippen molar-refractivity contribution in [3.63, 3.8) is 0 Å². The molecule has 0 saturated heterocycles. The van der Waals surface area contributed by atoms with Crippen molar-refractivity contribution in [1.82, 2.24) is 9.29 Å². The van der Waals surface area contributed by atoms with E-state index < -0.39 is 10.0 Å². The van der Waals surface area contributed by atoms with E-state index in [1.165, 1.54) is 16.6 Å². The summed E-state index contributed by atoms with van der Waals surface area (Å²) in [5.74, 6) is 0.314. The van der Waals surface area contributed by atoms with E-state index >= 15 is 0 Å². The van der Waals surface area contributed by atoms with Crippen LogP contribution >= 0.6 is 11.6 Å². The summed E-state index contributed by atoms with van der Waals surface area (Å²) in [7, 11) is -3.60. The standard InChI is InChI=1S/C15H17ClN2O2S/c1-2-18(12-13-6-4-3-5-7-13)21(19,20)15-9-8-14(10-16)11-17-15/h3-9,11H,2,10,12H2,1H3. The van der Waals surface area contributed by atoms with E-state index in [9.17, 15) is 8.42 Å². The molecule has 0 atom stereocenters. The lowest BCUT2D eigenvalue weighted by Gasteiger charge is -2.20. The van der Waals surface area contributed by atoms with Gasteiger partial charge in [0.05, 0.1) is 0 Å². The largest absolute Gasteiger partial charge is 0.260 e. The molecule has 0 unspecified atom stereocenters.